The minimum absolute atomic E-state index is 0.265. The third kappa shape index (κ3) is 3.86. The zero-order chi connectivity index (χ0) is 15.4. The molecule has 2 N–H and O–H groups in total. The van der Waals surface area contributed by atoms with Crippen molar-refractivity contribution in [3.63, 3.8) is 0 Å². The summed E-state index contributed by atoms with van der Waals surface area (Å²) in [5.41, 5.74) is 8.04. The van der Waals surface area contributed by atoms with Gasteiger partial charge in [-0.25, -0.2) is 0 Å². The topological polar surface area (TPSA) is 69.2 Å². The molecule has 0 saturated carbocycles. The Balaban J connectivity index is 2.11. The van der Waals surface area contributed by atoms with E-state index in [1.165, 1.54) is 6.07 Å². The van der Waals surface area contributed by atoms with Crippen molar-refractivity contribution in [1.82, 2.24) is 0 Å². The first-order chi connectivity index (χ1) is 9.97. The van der Waals surface area contributed by atoms with Gasteiger partial charge in [0.2, 0.25) is 5.82 Å². The number of nitro benzene ring substituents is 1. The fourth-order valence-electron chi connectivity index (χ4n) is 2.36. The van der Waals surface area contributed by atoms with Gasteiger partial charge in [0, 0.05) is 12.1 Å². The fraction of sp³-hybridized carbons (Fsp3) is 0.250. The molecule has 0 saturated heterocycles. The van der Waals surface area contributed by atoms with Crippen molar-refractivity contribution >= 4 is 5.69 Å². The average Bonchev–Trinajstić information content (AvgIpc) is 2.40. The van der Waals surface area contributed by atoms with Gasteiger partial charge in [-0.2, -0.15) is 4.39 Å². The molecule has 0 aliphatic heterocycles. The number of benzene rings is 2. The maximum atomic E-state index is 14.0. The predicted octanol–water partition coefficient (Wildman–Crippen LogP) is 3.15. The summed E-state index contributed by atoms with van der Waals surface area (Å²) in [6.45, 7) is 2.00. The molecule has 2 aromatic rings. The number of hydrogen-bond acceptors (Lipinski definition) is 3. The second kappa shape index (κ2) is 6.45. The molecular weight excluding hydrogens is 271 g/mol. The van der Waals surface area contributed by atoms with Crippen LogP contribution < -0.4 is 5.73 Å². The summed E-state index contributed by atoms with van der Waals surface area (Å²) >= 11 is 0. The SMILES string of the molecule is Cc1cccc(CC(N)Cc2cccc([N+](=O)[O-])c2F)c1. The molecule has 0 spiro atoms. The van der Waals surface area contributed by atoms with E-state index in [0.29, 0.717) is 6.42 Å². The Morgan fingerprint density at radius 1 is 1.24 bits per heavy atom. The molecule has 21 heavy (non-hydrogen) atoms. The Kier molecular flexibility index (Phi) is 4.65. The number of nitro groups is 1. The molecule has 0 heterocycles. The van der Waals surface area contributed by atoms with Crippen molar-refractivity contribution in [2.45, 2.75) is 25.8 Å². The van der Waals surface area contributed by atoms with E-state index in [4.69, 9.17) is 5.73 Å². The first kappa shape index (κ1) is 15.1. The van der Waals surface area contributed by atoms with Gasteiger partial charge in [-0.05, 0) is 30.9 Å². The van der Waals surface area contributed by atoms with E-state index in [-0.39, 0.29) is 18.0 Å². The van der Waals surface area contributed by atoms with Gasteiger partial charge in [-0.15, -0.1) is 0 Å². The third-order valence-corrected chi connectivity index (χ3v) is 3.32. The highest BCUT2D eigenvalue weighted by Gasteiger charge is 2.18. The Morgan fingerprint density at radius 3 is 2.62 bits per heavy atom. The minimum Gasteiger partial charge on any atom is -0.327 e. The van der Waals surface area contributed by atoms with E-state index in [1.54, 1.807) is 6.07 Å². The minimum atomic E-state index is -0.790. The Labute approximate surface area is 122 Å². The first-order valence-electron chi connectivity index (χ1n) is 6.70. The van der Waals surface area contributed by atoms with E-state index in [1.807, 2.05) is 31.2 Å². The van der Waals surface area contributed by atoms with Crippen molar-refractivity contribution in [2.75, 3.05) is 0 Å². The molecule has 0 aliphatic rings. The molecule has 0 amide bonds. The molecule has 0 fully saturated rings. The van der Waals surface area contributed by atoms with Gasteiger partial charge >= 0.3 is 5.69 Å². The molecule has 1 unspecified atom stereocenters. The second-order valence-corrected chi connectivity index (χ2v) is 5.16. The summed E-state index contributed by atoms with van der Waals surface area (Å²) in [5, 5.41) is 10.7. The summed E-state index contributed by atoms with van der Waals surface area (Å²) < 4.78 is 14.0. The van der Waals surface area contributed by atoms with Crippen LogP contribution in [0.4, 0.5) is 10.1 Å². The van der Waals surface area contributed by atoms with Crippen molar-refractivity contribution in [1.29, 1.82) is 0 Å². The van der Waals surface area contributed by atoms with E-state index in [2.05, 4.69) is 0 Å². The van der Waals surface area contributed by atoms with Gasteiger partial charge < -0.3 is 5.73 Å². The standard InChI is InChI=1S/C16H17FN2O2/c1-11-4-2-5-12(8-11)9-14(18)10-13-6-3-7-15(16(13)17)19(20)21/h2-8,14H,9-10,18H2,1H3. The van der Waals surface area contributed by atoms with Gasteiger partial charge in [0.25, 0.3) is 0 Å². The summed E-state index contributed by atoms with van der Waals surface area (Å²) in [4.78, 5) is 10.0. The molecular formula is C16H17FN2O2. The van der Waals surface area contributed by atoms with Crippen LogP contribution in [0.5, 0.6) is 0 Å². The van der Waals surface area contributed by atoms with Crippen molar-refractivity contribution < 1.29 is 9.31 Å². The summed E-state index contributed by atoms with van der Waals surface area (Å²) in [7, 11) is 0. The first-order valence-corrected chi connectivity index (χ1v) is 6.70. The van der Waals surface area contributed by atoms with Gasteiger partial charge in [0.15, 0.2) is 0 Å². The Bertz CT molecular complexity index is 658. The van der Waals surface area contributed by atoms with Crippen molar-refractivity contribution in [3.05, 3.63) is 75.1 Å². The summed E-state index contributed by atoms with van der Waals surface area (Å²) in [5.74, 6) is -0.790. The van der Waals surface area contributed by atoms with E-state index in [0.717, 1.165) is 17.2 Å². The molecule has 0 bridgehead atoms. The predicted molar refractivity (Wildman–Crippen MR) is 79.6 cm³/mol. The maximum Gasteiger partial charge on any atom is 0.305 e. The molecule has 2 rings (SSSR count). The Hall–Kier alpha value is -2.27. The van der Waals surface area contributed by atoms with Gasteiger partial charge in [0.1, 0.15) is 0 Å². The highest BCUT2D eigenvalue weighted by atomic mass is 19.1. The van der Waals surface area contributed by atoms with Crippen LogP contribution in [-0.2, 0) is 12.8 Å². The van der Waals surface area contributed by atoms with E-state index >= 15 is 0 Å². The normalized spacial score (nSPS) is 12.1. The van der Waals surface area contributed by atoms with Gasteiger partial charge in [0.05, 0.1) is 4.92 Å². The highest BCUT2D eigenvalue weighted by Crippen LogP contribution is 2.21. The van der Waals surface area contributed by atoms with Crippen LogP contribution in [0.15, 0.2) is 42.5 Å². The fourth-order valence-corrected chi connectivity index (χ4v) is 2.36. The van der Waals surface area contributed by atoms with Crippen LogP contribution in [0.25, 0.3) is 0 Å². The zero-order valence-electron chi connectivity index (χ0n) is 11.8. The lowest BCUT2D eigenvalue weighted by Crippen LogP contribution is -2.26. The number of hydrogen-bond donors (Lipinski definition) is 1. The van der Waals surface area contributed by atoms with E-state index < -0.39 is 16.4 Å². The van der Waals surface area contributed by atoms with Crippen LogP contribution in [0.1, 0.15) is 16.7 Å². The molecule has 5 heteroatoms. The van der Waals surface area contributed by atoms with Gasteiger partial charge in [-0.1, -0.05) is 42.0 Å². The smallest absolute Gasteiger partial charge is 0.305 e. The lowest BCUT2D eigenvalue weighted by atomic mass is 9.98. The van der Waals surface area contributed by atoms with Gasteiger partial charge in [-0.3, -0.25) is 10.1 Å². The maximum absolute atomic E-state index is 14.0. The summed E-state index contributed by atoms with van der Waals surface area (Å²) in [6.07, 6.45) is 0.866. The molecule has 2 aromatic carbocycles. The molecule has 1 atom stereocenters. The highest BCUT2D eigenvalue weighted by molar-refractivity contribution is 5.37. The average molecular weight is 288 g/mol. The third-order valence-electron chi connectivity index (χ3n) is 3.32. The number of rotatable bonds is 5. The quantitative estimate of drug-likeness (QED) is 0.678. The zero-order valence-corrected chi connectivity index (χ0v) is 11.8. The molecule has 0 aromatic heterocycles. The van der Waals surface area contributed by atoms with Crippen LogP contribution in [-0.4, -0.2) is 11.0 Å². The van der Waals surface area contributed by atoms with Crippen LogP contribution in [0, 0.1) is 22.9 Å². The summed E-state index contributed by atoms with van der Waals surface area (Å²) in [6, 6.07) is 11.8. The van der Waals surface area contributed by atoms with Crippen LogP contribution in [0.3, 0.4) is 0 Å². The number of aryl methyl sites for hydroxylation is 1. The largest absolute Gasteiger partial charge is 0.327 e. The lowest BCUT2D eigenvalue weighted by Gasteiger charge is -2.13. The van der Waals surface area contributed by atoms with Crippen LogP contribution >= 0.6 is 0 Å². The monoisotopic (exact) mass is 288 g/mol. The molecule has 0 aliphatic carbocycles. The Morgan fingerprint density at radius 2 is 1.95 bits per heavy atom. The molecule has 110 valence electrons. The van der Waals surface area contributed by atoms with Crippen LogP contribution in [0.2, 0.25) is 0 Å². The van der Waals surface area contributed by atoms with Crippen molar-refractivity contribution in [3.8, 4) is 0 Å². The molecule has 4 nitrogen and oxygen atoms in total. The second-order valence-electron chi connectivity index (χ2n) is 5.16. The lowest BCUT2D eigenvalue weighted by molar-refractivity contribution is -0.387. The number of nitrogens with two attached hydrogens (primary N) is 1. The van der Waals surface area contributed by atoms with E-state index in [9.17, 15) is 14.5 Å². The van der Waals surface area contributed by atoms with Crippen molar-refractivity contribution in [2.24, 2.45) is 5.73 Å². The molecule has 0 radical (unpaired) electrons. The number of nitrogens with zero attached hydrogens (tertiary/aromatic N) is 1. The number of halogens is 1.